The first-order valence-corrected chi connectivity index (χ1v) is 15.9. The van der Waals surface area contributed by atoms with Crippen LogP contribution in [0, 0.1) is 29.6 Å². The highest BCUT2D eigenvalue weighted by atomic mass is 15.3. The number of piperazine rings is 1. The minimum Gasteiger partial charge on any atom is -0.341 e. The molecule has 2 aliphatic rings. The average molecular weight is 552 g/mol. The van der Waals surface area contributed by atoms with Gasteiger partial charge in [-0.15, -0.1) is 0 Å². The van der Waals surface area contributed by atoms with Gasteiger partial charge in [0.2, 0.25) is 11.9 Å². The fraction of sp³-hybridized carbons (Fsp3) is 0.758. The summed E-state index contributed by atoms with van der Waals surface area (Å²) < 4.78 is 0. The van der Waals surface area contributed by atoms with Gasteiger partial charge in [0.25, 0.3) is 0 Å². The summed E-state index contributed by atoms with van der Waals surface area (Å²) in [7, 11) is 0. The standard InChI is InChI=1S/C17H29N3.C16H28N4/c1-13(2)9-15-5-7-20(8-6-15)17-18-11-16(12-19-17)10-14(3)4;1-13(2)9-15-10-17-16(18-11-15)20-7-5-19(6-8-20)12-14(3)4/h11-15H,5-10H2,1-4H3;10-11,13-14H,5-9,12H2,1-4H3. The Labute approximate surface area is 245 Å². The summed E-state index contributed by atoms with van der Waals surface area (Å²) in [5, 5.41) is 0. The summed E-state index contributed by atoms with van der Waals surface area (Å²) in [4.78, 5) is 25.4. The van der Waals surface area contributed by atoms with Gasteiger partial charge in [-0.05, 0) is 72.8 Å². The summed E-state index contributed by atoms with van der Waals surface area (Å²) in [6.07, 6.45) is 14.0. The minimum absolute atomic E-state index is 0.657. The Kier molecular flexibility index (Phi) is 13.1. The Balaban J connectivity index is 0.000000220. The van der Waals surface area contributed by atoms with Crippen molar-refractivity contribution < 1.29 is 0 Å². The molecular weight excluding hydrogens is 494 g/mol. The molecule has 0 saturated carbocycles. The molecule has 0 radical (unpaired) electrons. The van der Waals surface area contributed by atoms with Crippen LogP contribution in [0.4, 0.5) is 11.9 Å². The fourth-order valence-corrected chi connectivity index (χ4v) is 5.86. The van der Waals surface area contributed by atoms with Crippen molar-refractivity contribution in [3.63, 3.8) is 0 Å². The van der Waals surface area contributed by atoms with E-state index in [0.717, 1.165) is 81.8 Å². The van der Waals surface area contributed by atoms with Crippen molar-refractivity contribution in [2.45, 2.75) is 87.5 Å². The third-order valence-corrected chi connectivity index (χ3v) is 7.65. The van der Waals surface area contributed by atoms with Crippen LogP contribution in [-0.4, -0.2) is 70.6 Å². The Morgan fingerprint density at radius 3 is 1.38 bits per heavy atom. The van der Waals surface area contributed by atoms with E-state index in [2.05, 4.69) is 90.0 Å². The van der Waals surface area contributed by atoms with Gasteiger partial charge in [-0.3, -0.25) is 4.90 Å². The van der Waals surface area contributed by atoms with Gasteiger partial charge in [-0.1, -0.05) is 55.4 Å². The molecule has 2 saturated heterocycles. The van der Waals surface area contributed by atoms with E-state index in [1.54, 1.807) is 0 Å². The number of hydrogen-bond acceptors (Lipinski definition) is 7. The molecule has 2 aromatic rings. The lowest BCUT2D eigenvalue weighted by Gasteiger charge is -2.35. The third kappa shape index (κ3) is 11.3. The van der Waals surface area contributed by atoms with Crippen molar-refractivity contribution in [1.29, 1.82) is 0 Å². The summed E-state index contributed by atoms with van der Waals surface area (Å²) in [6, 6.07) is 0. The van der Waals surface area contributed by atoms with Gasteiger partial charge in [0.05, 0.1) is 0 Å². The summed E-state index contributed by atoms with van der Waals surface area (Å²) in [5.74, 6) is 5.58. The molecule has 0 spiro atoms. The molecule has 0 amide bonds. The van der Waals surface area contributed by atoms with Crippen molar-refractivity contribution >= 4 is 11.9 Å². The molecule has 7 heteroatoms. The van der Waals surface area contributed by atoms with Gasteiger partial charge in [0.15, 0.2) is 0 Å². The molecule has 2 aromatic heterocycles. The second-order valence-corrected chi connectivity index (χ2v) is 13.7. The van der Waals surface area contributed by atoms with Gasteiger partial charge >= 0.3 is 0 Å². The first-order chi connectivity index (χ1) is 19.1. The summed E-state index contributed by atoms with van der Waals surface area (Å²) >= 11 is 0. The Morgan fingerprint density at radius 2 is 1.00 bits per heavy atom. The summed E-state index contributed by atoms with van der Waals surface area (Å²) in [5.41, 5.74) is 2.49. The lowest BCUT2D eigenvalue weighted by molar-refractivity contribution is 0.230. The lowest BCUT2D eigenvalue weighted by Crippen LogP contribution is -2.48. The van der Waals surface area contributed by atoms with Crippen LogP contribution >= 0.6 is 0 Å². The van der Waals surface area contributed by atoms with Crippen molar-refractivity contribution in [2.75, 3.05) is 55.6 Å². The molecule has 2 aliphatic heterocycles. The van der Waals surface area contributed by atoms with Crippen LogP contribution in [0.3, 0.4) is 0 Å². The smallest absolute Gasteiger partial charge is 0.225 e. The maximum absolute atomic E-state index is 4.56. The second kappa shape index (κ2) is 16.2. The van der Waals surface area contributed by atoms with Gasteiger partial charge in [0, 0.05) is 70.6 Å². The highest BCUT2D eigenvalue weighted by molar-refractivity contribution is 5.31. The third-order valence-electron chi connectivity index (χ3n) is 7.65. The molecule has 0 unspecified atom stereocenters. The summed E-state index contributed by atoms with van der Waals surface area (Å²) in [6.45, 7) is 25.9. The molecule has 0 bridgehead atoms. The largest absolute Gasteiger partial charge is 0.341 e. The Morgan fingerprint density at radius 1 is 0.575 bits per heavy atom. The Bertz CT molecular complexity index is 860. The number of anilines is 2. The molecule has 4 rings (SSSR count). The SMILES string of the molecule is CC(C)Cc1cnc(N2CCC(CC(C)C)CC2)nc1.CC(C)Cc1cnc(N2CCN(CC(C)C)CC2)nc1. The highest BCUT2D eigenvalue weighted by Gasteiger charge is 2.22. The minimum atomic E-state index is 0.657. The van der Waals surface area contributed by atoms with Gasteiger partial charge in [-0.2, -0.15) is 0 Å². The molecule has 2 fully saturated rings. The zero-order chi connectivity index (χ0) is 29.1. The molecule has 0 N–H and O–H groups in total. The van der Waals surface area contributed by atoms with E-state index in [4.69, 9.17) is 0 Å². The van der Waals surface area contributed by atoms with Crippen molar-refractivity contribution in [3.05, 3.63) is 35.9 Å². The molecule has 4 heterocycles. The van der Waals surface area contributed by atoms with E-state index >= 15 is 0 Å². The zero-order valence-corrected chi connectivity index (χ0v) is 26.8. The van der Waals surface area contributed by atoms with Crippen molar-refractivity contribution in [1.82, 2.24) is 24.8 Å². The van der Waals surface area contributed by atoms with Crippen LogP contribution in [0.15, 0.2) is 24.8 Å². The van der Waals surface area contributed by atoms with Crippen LogP contribution in [0.2, 0.25) is 0 Å². The van der Waals surface area contributed by atoms with E-state index in [-0.39, 0.29) is 0 Å². The fourth-order valence-electron chi connectivity index (χ4n) is 5.86. The van der Waals surface area contributed by atoms with Crippen molar-refractivity contribution in [2.24, 2.45) is 29.6 Å². The number of hydrogen-bond donors (Lipinski definition) is 0. The molecular formula is C33H57N7. The maximum atomic E-state index is 4.56. The molecule has 0 aromatic carbocycles. The van der Waals surface area contributed by atoms with E-state index in [1.165, 1.54) is 36.9 Å². The average Bonchev–Trinajstić information content (AvgIpc) is 2.90. The van der Waals surface area contributed by atoms with Crippen LogP contribution in [-0.2, 0) is 12.8 Å². The van der Waals surface area contributed by atoms with E-state index in [9.17, 15) is 0 Å². The predicted octanol–water partition coefficient (Wildman–Crippen LogP) is 6.39. The Hall–Kier alpha value is -2.28. The monoisotopic (exact) mass is 551 g/mol. The van der Waals surface area contributed by atoms with E-state index in [0.29, 0.717) is 11.8 Å². The van der Waals surface area contributed by atoms with Gasteiger partial charge in [-0.25, -0.2) is 19.9 Å². The topological polar surface area (TPSA) is 61.3 Å². The molecule has 0 atom stereocenters. The first-order valence-electron chi connectivity index (χ1n) is 15.9. The quantitative estimate of drug-likeness (QED) is 0.339. The normalized spacial score (nSPS) is 17.2. The van der Waals surface area contributed by atoms with E-state index < -0.39 is 0 Å². The number of piperidine rings is 1. The van der Waals surface area contributed by atoms with Crippen LogP contribution in [0.25, 0.3) is 0 Å². The van der Waals surface area contributed by atoms with Gasteiger partial charge < -0.3 is 9.80 Å². The number of rotatable bonds is 10. The lowest BCUT2D eigenvalue weighted by atomic mass is 9.89. The number of nitrogens with zero attached hydrogens (tertiary/aromatic N) is 7. The van der Waals surface area contributed by atoms with Crippen LogP contribution < -0.4 is 9.80 Å². The first kappa shape index (κ1) is 32.2. The molecule has 7 nitrogen and oxygen atoms in total. The molecule has 40 heavy (non-hydrogen) atoms. The highest BCUT2D eigenvalue weighted by Crippen LogP contribution is 2.26. The maximum Gasteiger partial charge on any atom is 0.225 e. The van der Waals surface area contributed by atoms with Crippen LogP contribution in [0.5, 0.6) is 0 Å². The molecule has 224 valence electrons. The van der Waals surface area contributed by atoms with E-state index in [1.807, 2.05) is 24.8 Å². The zero-order valence-electron chi connectivity index (χ0n) is 26.8. The molecule has 0 aliphatic carbocycles. The van der Waals surface area contributed by atoms with Crippen LogP contribution in [0.1, 0.15) is 85.8 Å². The second-order valence-electron chi connectivity index (χ2n) is 13.7. The predicted molar refractivity (Wildman–Crippen MR) is 169 cm³/mol. The van der Waals surface area contributed by atoms with Crippen molar-refractivity contribution in [3.8, 4) is 0 Å². The number of aromatic nitrogens is 4. The van der Waals surface area contributed by atoms with Gasteiger partial charge in [0.1, 0.15) is 0 Å².